The van der Waals surface area contributed by atoms with Gasteiger partial charge in [-0.15, -0.1) is 0 Å². The minimum absolute atomic E-state index is 0.0679. The lowest BCUT2D eigenvalue weighted by molar-refractivity contribution is -0.179. The van der Waals surface area contributed by atoms with Crippen molar-refractivity contribution in [3.05, 3.63) is 30.1 Å². The van der Waals surface area contributed by atoms with E-state index < -0.39 is 5.60 Å². The molecule has 1 saturated heterocycles. The summed E-state index contributed by atoms with van der Waals surface area (Å²) >= 11 is 0. The quantitative estimate of drug-likeness (QED) is 0.657. The van der Waals surface area contributed by atoms with Crippen molar-refractivity contribution in [3.63, 3.8) is 0 Å². The summed E-state index contributed by atoms with van der Waals surface area (Å²) in [5.41, 5.74) is 0.115. The molecule has 2 amide bonds. The first-order valence-electron chi connectivity index (χ1n) is 9.06. The molecule has 26 heavy (non-hydrogen) atoms. The smallest absolute Gasteiger partial charge is 0.410 e. The highest BCUT2D eigenvalue weighted by atomic mass is 16.6. The second-order valence-electron chi connectivity index (χ2n) is 7.78. The number of carbonyl (C=O) groups is 2. The summed E-state index contributed by atoms with van der Waals surface area (Å²) in [5.74, 6) is -0.239. The fourth-order valence-corrected chi connectivity index (χ4v) is 3.06. The summed E-state index contributed by atoms with van der Waals surface area (Å²) in [6.45, 7) is 8.49. The highest BCUT2D eigenvalue weighted by Crippen LogP contribution is 2.25. The number of aromatic nitrogens is 1. The maximum Gasteiger partial charge on any atom is 0.410 e. The molecule has 1 atom stereocenters. The van der Waals surface area contributed by atoms with Crippen LogP contribution in [0, 0.1) is 5.92 Å². The van der Waals surface area contributed by atoms with Crippen LogP contribution >= 0.6 is 0 Å². The molecule has 0 bridgehead atoms. The number of pyridine rings is 1. The highest BCUT2D eigenvalue weighted by Gasteiger charge is 2.32. The summed E-state index contributed by atoms with van der Waals surface area (Å²) in [4.78, 5) is 30.2. The van der Waals surface area contributed by atoms with Gasteiger partial charge in [0.15, 0.2) is 0 Å². The van der Waals surface area contributed by atoms with Crippen LogP contribution < -0.4 is 0 Å². The molecular weight excluding hydrogens is 334 g/mol. The minimum Gasteiger partial charge on any atom is -0.444 e. The number of rotatable bonds is 4. The van der Waals surface area contributed by atoms with Crippen molar-refractivity contribution in [1.29, 1.82) is 0 Å². The minimum atomic E-state index is -0.513. The van der Waals surface area contributed by atoms with Crippen LogP contribution in [0.2, 0.25) is 0 Å². The van der Waals surface area contributed by atoms with Gasteiger partial charge in [-0.3, -0.25) is 15.0 Å². The Balaban J connectivity index is 1.84. The van der Waals surface area contributed by atoms with Crippen LogP contribution in [0.3, 0.4) is 0 Å². The van der Waals surface area contributed by atoms with E-state index in [1.54, 1.807) is 23.2 Å². The summed E-state index contributed by atoms with van der Waals surface area (Å²) in [5, 5.41) is 11.1. The molecule has 1 aliphatic heterocycles. The number of hydrogen-bond acceptors (Lipinski definition) is 5. The Labute approximate surface area is 154 Å². The number of carbonyl (C=O) groups excluding carboxylic acids is 2. The number of piperidine rings is 1. The summed E-state index contributed by atoms with van der Waals surface area (Å²) < 4.78 is 5.39. The third-order valence-electron chi connectivity index (χ3n) is 4.57. The topological polar surface area (TPSA) is 83.0 Å². The average molecular weight is 363 g/mol. The van der Waals surface area contributed by atoms with Gasteiger partial charge < -0.3 is 9.64 Å². The zero-order valence-corrected chi connectivity index (χ0v) is 16.0. The van der Waals surface area contributed by atoms with Gasteiger partial charge in [-0.25, -0.2) is 9.86 Å². The van der Waals surface area contributed by atoms with E-state index in [0.29, 0.717) is 31.6 Å². The second kappa shape index (κ2) is 8.49. The van der Waals surface area contributed by atoms with Crippen LogP contribution in [0.4, 0.5) is 4.79 Å². The Bertz CT molecular complexity index is 607. The molecule has 1 unspecified atom stereocenters. The Hall–Kier alpha value is -2.15. The predicted octanol–water partition coefficient (Wildman–Crippen LogP) is 2.88. The van der Waals surface area contributed by atoms with Gasteiger partial charge in [0, 0.05) is 25.0 Å². The van der Waals surface area contributed by atoms with Gasteiger partial charge in [-0.05, 0) is 58.6 Å². The zero-order valence-electron chi connectivity index (χ0n) is 16.0. The maximum atomic E-state index is 12.3. The zero-order chi connectivity index (χ0) is 19.3. The van der Waals surface area contributed by atoms with E-state index in [2.05, 4.69) is 4.98 Å². The first-order valence-corrected chi connectivity index (χ1v) is 9.06. The van der Waals surface area contributed by atoms with Crippen LogP contribution in [0.1, 0.15) is 46.2 Å². The second-order valence-corrected chi connectivity index (χ2v) is 7.78. The van der Waals surface area contributed by atoms with Gasteiger partial charge >= 0.3 is 6.09 Å². The lowest BCUT2D eigenvalue weighted by Crippen LogP contribution is -2.47. The van der Waals surface area contributed by atoms with Gasteiger partial charge in [0.1, 0.15) is 5.60 Å². The largest absolute Gasteiger partial charge is 0.444 e. The Morgan fingerprint density at radius 2 is 2.00 bits per heavy atom. The molecule has 144 valence electrons. The van der Waals surface area contributed by atoms with E-state index in [0.717, 1.165) is 5.06 Å². The lowest BCUT2D eigenvalue weighted by Gasteiger charge is -2.37. The van der Waals surface area contributed by atoms with E-state index in [1.165, 1.54) is 0 Å². The summed E-state index contributed by atoms with van der Waals surface area (Å²) in [7, 11) is 0. The van der Waals surface area contributed by atoms with E-state index in [9.17, 15) is 14.8 Å². The molecule has 1 fully saturated rings. The van der Waals surface area contributed by atoms with Crippen molar-refractivity contribution >= 4 is 12.0 Å². The Morgan fingerprint density at radius 3 is 2.54 bits per heavy atom. The molecule has 7 nitrogen and oxygen atoms in total. The lowest BCUT2D eigenvalue weighted by atomic mass is 9.90. The Kier molecular flexibility index (Phi) is 6.58. The third kappa shape index (κ3) is 5.69. The molecular formula is C19H29N3O4. The van der Waals surface area contributed by atoms with Crippen LogP contribution in [0.15, 0.2) is 24.4 Å². The summed E-state index contributed by atoms with van der Waals surface area (Å²) in [6.07, 6.45) is 2.82. The monoisotopic (exact) mass is 363 g/mol. The van der Waals surface area contributed by atoms with E-state index >= 15 is 0 Å². The van der Waals surface area contributed by atoms with E-state index in [-0.39, 0.29) is 30.4 Å². The van der Waals surface area contributed by atoms with Crippen molar-refractivity contribution in [3.8, 4) is 0 Å². The molecule has 2 heterocycles. The average Bonchev–Trinajstić information content (AvgIpc) is 2.60. The normalized spacial score (nSPS) is 16.9. The molecule has 1 aliphatic rings. The molecule has 1 N–H and O–H groups in total. The molecule has 1 aromatic rings. The first kappa shape index (κ1) is 20.2. The van der Waals surface area contributed by atoms with Gasteiger partial charge in [0.05, 0.1) is 12.5 Å². The maximum absolute atomic E-state index is 12.3. The van der Waals surface area contributed by atoms with Crippen molar-refractivity contribution in [1.82, 2.24) is 14.9 Å². The number of nitrogens with zero attached hydrogens (tertiary/aromatic N) is 3. The fraction of sp³-hybridized carbons (Fsp3) is 0.632. The van der Waals surface area contributed by atoms with Crippen molar-refractivity contribution in [2.45, 2.75) is 58.6 Å². The van der Waals surface area contributed by atoms with Crippen LogP contribution in [-0.2, 0) is 16.0 Å². The molecule has 2 rings (SSSR count). The highest BCUT2D eigenvalue weighted by molar-refractivity contribution is 5.77. The number of likely N-dealkylation sites (tertiary alicyclic amines) is 1. The van der Waals surface area contributed by atoms with Crippen molar-refractivity contribution in [2.24, 2.45) is 5.92 Å². The molecule has 0 saturated carbocycles. The van der Waals surface area contributed by atoms with Gasteiger partial charge in [0.25, 0.3) is 5.91 Å². The summed E-state index contributed by atoms with van der Waals surface area (Å²) in [6, 6.07) is 5.04. The Morgan fingerprint density at radius 1 is 1.35 bits per heavy atom. The molecule has 7 heteroatoms. The number of ether oxygens (including phenoxy) is 1. The first-order chi connectivity index (χ1) is 12.2. The van der Waals surface area contributed by atoms with E-state index in [1.807, 2.05) is 33.8 Å². The van der Waals surface area contributed by atoms with Crippen LogP contribution in [-0.4, -0.2) is 56.9 Å². The van der Waals surface area contributed by atoms with Gasteiger partial charge in [-0.2, -0.15) is 0 Å². The van der Waals surface area contributed by atoms with Crippen molar-refractivity contribution < 1.29 is 19.5 Å². The van der Waals surface area contributed by atoms with Crippen LogP contribution in [0.25, 0.3) is 0 Å². The molecule has 0 aromatic carbocycles. The fourth-order valence-electron chi connectivity index (χ4n) is 3.06. The number of hydrogen-bond donors (Lipinski definition) is 1. The number of hydroxylamine groups is 2. The number of amides is 2. The predicted molar refractivity (Wildman–Crippen MR) is 96.6 cm³/mol. The molecule has 0 spiro atoms. The third-order valence-corrected chi connectivity index (χ3v) is 4.57. The van der Waals surface area contributed by atoms with Gasteiger partial charge in [0.2, 0.25) is 0 Å². The molecule has 0 aliphatic carbocycles. The SMILES string of the molecule is CC(C1CCN(C(=O)OC(C)(C)C)CC1)N(O)C(=O)Cc1ccccn1. The standard InChI is InChI=1S/C19H29N3O4/c1-14(22(25)17(23)13-16-7-5-6-10-20-16)15-8-11-21(12-9-15)18(24)26-19(2,3)4/h5-7,10,14-15,25H,8-9,11-13H2,1-4H3. The van der Waals surface area contributed by atoms with E-state index in [4.69, 9.17) is 4.74 Å². The van der Waals surface area contributed by atoms with Crippen LogP contribution in [0.5, 0.6) is 0 Å². The molecule has 1 aromatic heterocycles. The molecule has 0 radical (unpaired) electrons. The van der Waals surface area contributed by atoms with Gasteiger partial charge in [-0.1, -0.05) is 6.07 Å². The van der Waals surface area contributed by atoms with Crippen molar-refractivity contribution in [2.75, 3.05) is 13.1 Å².